The van der Waals surface area contributed by atoms with Gasteiger partial charge < -0.3 is 49.6 Å². The van der Waals surface area contributed by atoms with E-state index in [0.717, 1.165) is 26.3 Å². The molecule has 7 aliphatic rings. The lowest BCUT2D eigenvalue weighted by atomic mass is 9.49. The minimum Gasteiger partial charge on any atom is -0.459 e. The quantitative estimate of drug-likeness (QED) is 0.159. The molecule has 7 fully saturated rings. The molecule has 14 heteroatoms. The Labute approximate surface area is 311 Å². The Morgan fingerprint density at radius 3 is 2.36 bits per heavy atom. The lowest BCUT2D eigenvalue weighted by Gasteiger charge is -2.64. The molecule has 53 heavy (non-hydrogen) atoms. The van der Waals surface area contributed by atoms with Crippen LogP contribution in [0.3, 0.4) is 0 Å². The first-order valence-electron chi connectivity index (χ1n) is 19.8. The molecule has 0 radical (unpaired) electrons. The normalized spacial score (nSPS) is 52.1. The van der Waals surface area contributed by atoms with Gasteiger partial charge in [0.25, 0.3) is 0 Å². The van der Waals surface area contributed by atoms with Crippen LogP contribution in [0.1, 0.15) is 100 Å². The maximum atomic E-state index is 13.6. The van der Waals surface area contributed by atoms with Crippen molar-refractivity contribution in [1.29, 1.82) is 0 Å². The number of hydrogen-bond acceptors (Lipinski definition) is 14. The summed E-state index contributed by atoms with van der Waals surface area (Å²) in [7, 11) is 0. The van der Waals surface area contributed by atoms with E-state index in [2.05, 4.69) is 11.8 Å². The highest BCUT2D eigenvalue weighted by Gasteiger charge is 2.87. The highest BCUT2D eigenvalue weighted by molar-refractivity contribution is 5.80. The van der Waals surface area contributed by atoms with Gasteiger partial charge in [-0.05, 0) is 83.5 Å². The minimum absolute atomic E-state index is 0.0532. The maximum absolute atomic E-state index is 13.6. The van der Waals surface area contributed by atoms with Gasteiger partial charge in [-0.25, -0.2) is 4.79 Å². The van der Waals surface area contributed by atoms with Crippen LogP contribution in [0, 0.1) is 46.8 Å². The molecule has 300 valence electrons. The third-order valence-electron chi connectivity index (χ3n) is 15.8. The van der Waals surface area contributed by atoms with Gasteiger partial charge in [0.05, 0.1) is 29.3 Å². The zero-order valence-electron chi connectivity index (χ0n) is 32.4. The van der Waals surface area contributed by atoms with Gasteiger partial charge in [0.1, 0.15) is 11.7 Å². The van der Waals surface area contributed by atoms with E-state index in [9.17, 15) is 45.0 Å². The topological polar surface area (TPSA) is 213 Å². The number of aliphatic hydroxyl groups excluding tert-OH is 2. The molecule has 19 atom stereocenters. The molecule has 6 N–H and O–H groups in total. The van der Waals surface area contributed by atoms with Crippen LogP contribution in [0.4, 0.5) is 0 Å². The zero-order valence-corrected chi connectivity index (χ0v) is 32.4. The number of carbonyl (C=O) groups excluding carboxylic acids is 3. The molecule has 0 amide bonds. The van der Waals surface area contributed by atoms with Gasteiger partial charge in [0.15, 0.2) is 17.8 Å². The smallest absolute Gasteiger partial charge is 0.342 e. The summed E-state index contributed by atoms with van der Waals surface area (Å²) in [5.41, 5.74) is -7.99. The van der Waals surface area contributed by atoms with Crippen LogP contribution in [0.15, 0.2) is 0 Å². The SMILES string of the molecule is CCC(C)C(=O)O[C@H]1[C@H](O)[C@H]2[C@@H](CN3C[C@@H](C)CC[C@H]3[C@@]2(C)O)[C@@H]2C[C@]34OC5(O)[C@@H](OC(=O)C(C)(O)C(C)OC(C)=O)CC[C@@]3(C)[C@@H]5C[C@@H](O)[C@H]4[C@@]21O. The van der Waals surface area contributed by atoms with E-state index in [-0.39, 0.29) is 25.3 Å². The van der Waals surface area contributed by atoms with Crippen LogP contribution >= 0.6 is 0 Å². The van der Waals surface area contributed by atoms with Gasteiger partial charge >= 0.3 is 17.9 Å². The largest absolute Gasteiger partial charge is 0.459 e. The predicted octanol–water partition coefficient (Wildman–Crippen LogP) is 1.04. The first kappa shape index (κ1) is 39.3. The van der Waals surface area contributed by atoms with Crippen LogP contribution in [0.2, 0.25) is 0 Å². The molecule has 3 aliphatic heterocycles. The van der Waals surface area contributed by atoms with Crippen molar-refractivity contribution in [2.45, 2.75) is 165 Å². The van der Waals surface area contributed by atoms with Crippen molar-refractivity contribution < 1.29 is 64.0 Å². The lowest BCUT2D eigenvalue weighted by molar-refractivity contribution is -0.300. The summed E-state index contributed by atoms with van der Waals surface area (Å²) in [4.78, 5) is 40.9. The highest BCUT2D eigenvalue weighted by atomic mass is 16.7. The molecule has 3 heterocycles. The maximum Gasteiger partial charge on any atom is 0.342 e. The Morgan fingerprint density at radius 2 is 1.72 bits per heavy atom. The number of piperidine rings is 2. The summed E-state index contributed by atoms with van der Waals surface area (Å²) in [5, 5.41) is 74.2. The van der Waals surface area contributed by atoms with E-state index in [1.165, 1.54) is 13.8 Å². The molecule has 0 aromatic heterocycles. The Hall–Kier alpha value is -1.91. The predicted molar refractivity (Wildman–Crippen MR) is 185 cm³/mol. The second-order valence-electron chi connectivity index (χ2n) is 18.7. The molecule has 0 aromatic carbocycles. The number of fused-ring (bicyclic) bond motifs is 5. The second kappa shape index (κ2) is 12.5. The first-order valence-corrected chi connectivity index (χ1v) is 19.8. The summed E-state index contributed by atoms with van der Waals surface area (Å²) >= 11 is 0. The summed E-state index contributed by atoms with van der Waals surface area (Å²) in [6.07, 6.45) is -4.16. The van der Waals surface area contributed by atoms with Crippen LogP contribution in [0.25, 0.3) is 0 Å². The average Bonchev–Trinajstić information content (AvgIpc) is 3.35. The van der Waals surface area contributed by atoms with Crippen molar-refractivity contribution in [3.63, 3.8) is 0 Å². The number of ether oxygens (including phenoxy) is 4. The van der Waals surface area contributed by atoms with Crippen molar-refractivity contribution in [2.75, 3.05) is 13.1 Å². The zero-order chi connectivity index (χ0) is 39.0. The summed E-state index contributed by atoms with van der Waals surface area (Å²) < 4.78 is 24.0. The molecule has 7 rings (SSSR count). The third-order valence-corrected chi connectivity index (χ3v) is 15.8. The van der Waals surface area contributed by atoms with Crippen LogP contribution in [-0.2, 0) is 33.3 Å². The Morgan fingerprint density at radius 1 is 1.04 bits per heavy atom. The van der Waals surface area contributed by atoms with Crippen LogP contribution in [0.5, 0.6) is 0 Å². The van der Waals surface area contributed by atoms with Crippen molar-refractivity contribution in [1.82, 2.24) is 4.90 Å². The molecule has 4 bridgehead atoms. The molecular weight excluding hydrogens is 690 g/mol. The molecule has 4 aliphatic carbocycles. The van der Waals surface area contributed by atoms with Crippen LogP contribution in [-0.4, -0.2) is 131 Å². The van der Waals surface area contributed by atoms with E-state index in [1.807, 2.05) is 13.8 Å². The molecule has 1 spiro atoms. The standard InChI is InChI=1S/C39H61NO13/c1-9-19(3)32(44)52-31-29(43)28-22(17-40-16-18(2)10-11-26(40)36(28,8)47)23-15-37-30(38(23,31)48)24(42)14-25-34(37,6)13-12-27(39(25,49)53-37)51-33(45)35(7,46)20(4)50-21(5)41/h18-20,22-31,42-43,46-49H,9-17H2,1-8H3/t18-,19?,20?,22-,23-,24+,25-,26-,27-,28+,29+,30+,31-,34-,35?,36+,37+,38-,39?/m0/s1. The highest BCUT2D eigenvalue weighted by Crippen LogP contribution is 2.77. The average molecular weight is 752 g/mol. The Balaban J connectivity index is 1.31. The summed E-state index contributed by atoms with van der Waals surface area (Å²) in [6, 6.07) is -0.250. The number of esters is 3. The molecular formula is C39H61NO13. The fraction of sp³-hybridized carbons (Fsp3) is 0.923. The van der Waals surface area contributed by atoms with E-state index in [4.69, 9.17) is 18.9 Å². The van der Waals surface area contributed by atoms with Gasteiger partial charge in [-0.15, -0.1) is 0 Å². The van der Waals surface area contributed by atoms with Crippen LogP contribution < -0.4 is 0 Å². The van der Waals surface area contributed by atoms with Gasteiger partial charge in [-0.1, -0.05) is 27.7 Å². The second-order valence-corrected chi connectivity index (χ2v) is 18.7. The van der Waals surface area contributed by atoms with Gasteiger partial charge in [0.2, 0.25) is 5.79 Å². The van der Waals surface area contributed by atoms with Crippen molar-refractivity contribution in [3.05, 3.63) is 0 Å². The monoisotopic (exact) mass is 751 g/mol. The van der Waals surface area contributed by atoms with Crippen molar-refractivity contribution in [2.24, 2.45) is 46.8 Å². The molecule has 3 saturated heterocycles. The van der Waals surface area contributed by atoms with E-state index in [0.29, 0.717) is 25.3 Å². The molecule has 14 nitrogen and oxygen atoms in total. The van der Waals surface area contributed by atoms with E-state index < -0.39 is 118 Å². The van der Waals surface area contributed by atoms with E-state index in [1.54, 1.807) is 13.8 Å². The van der Waals surface area contributed by atoms with Gasteiger partial charge in [-0.3, -0.25) is 14.5 Å². The fourth-order valence-corrected chi connectivity index (χ4v) is 12.8. The number of hydrogen-bond donors (Lipinski definition) is 6. The number of carbonyl (C=O) groups is 3. The summed E-state index contributed by atoms with van der Waals surface area (Å²) in [5.74, 6) is -8.65. The minimum atomic E-state index is -2.26. The molecule has 0 aromatic rings. The summed E-state index contributed by atoms with van der Waals surface area (Å²) in [6.45, 7) is 14.3. The molecule has 4 saturated carbocycles. The molecule has 4 unspecified atom stereocenters. The first-order chi connectivity index (χ1) is 24.5. The number of nitrogens with zero attached hydrogens (tertiary/aromatic N) is 1. The lowest BCUT2D eigenvalue weighted by Crippen LogP contribution is -2.77. The number of rotatable bonds is 7. The van der Waals surface area contributed by atoms with Gasteiger partial charge in [0, 0.05) is 49.2 Å². The van der Waals surface area contributed by atoms with E-state index >= 15 is 0 Å². The Kier molecular flexibility index (Phi) is 9.31. The fourth-order valence-electron chi connectivity index (χ4n) is 12.8. The van der Waals surface area contributed by atoms with Crippen molar-refractivity contribution in [3.8, 4) is 0 Å². The third kappa shape index (κ3) is 5.21. The number of aliphatic hydroxyl groups is 6. The van der Waals surface area contributed by atoms with Gasteiger partial charge in [-0.2, -0.15) is 0 Å². The Bertz CT molecular complexity index is 1500. The van der Waals surface area contributed by atoms with Crippen molar-refractivity contribution >= 4 is 17.9 Å².